The van der Waals surface area contributed by atoms with Crippen molar-refractivity contribution in [1.82, 2.24) is 4.98 Å². The maximum atomic E-state index is 10.8. The molecule has 0 aliphatic heterocycles. The van der Waals surface area contributed by atoms with E-state index in [0.29, 0.717) is 6.54 Å². The van der Waals surface area contributed by atoms with E-state index in [1.54, 1.807) is 0 Å². The van der Waals surface area contributed by atoms with Crippen LogP contribution in [0.3, 0.4) is 0 Å². The van der Waals surface area contributed by atoms with E-state index in [4.69, 9.17) is 16.7 Å². The van der Waals surface area contributed by atoms with Crippen molar-refractivity contribution in [3.05, 3.63) is 27.4 Å². The summed E-state index contributed by atoms with van der Waals surface area (Å²) in [7, 11) is 0. The van der Waals surface area contributed by atoms with Gasteiger partial charge in [-0.2, -0.15) is 0 Å². The highest BCUT2D eigenvalue weighted by atomic mass is 35.5. The number of hydrogen-bond acceptors (Lipinski definition) is 5. The molecule has 1 aromatic heterocycles. The lowest BCUT2D eigenvalue weighted by Gasteiger charge is -2.13. The first-order chi connectivity index (χ1) is 8.06. The molecule has 2 rings (SSSR count). The number of aliphatic hydroxyl groups is 1. The molecule has 0 amide bonds. The normalized spacial score (nSPS) is 16.6. The Morgan fingerprint density at radius 3 is 2.82 bits per heavy atom. The summed E-state index contributed by atoms with van der Waals surface area (Å²) in [6.07, 6.45) is 1.84. The Balaban J connectivity index is 2.13. The average Bonchev–Trinajstić information content (AvgIpc) is 3.07. The van der Waals surface area contributed by atoms with Gasteiger partial charge in [-0.15, -0.1) is 0 Å². The molecule has 0 aromatic carbocycles. The third-order valence-electron chi connectivity index (χ3n) is 2.96. The van der Waals surface area contributed by atoms with Crippen LogP contribution in [0.2, 0.25) is 5.15 Å². The van der Waals surface area contributed by atoms with Gasteiger partial charge >= 0.3 is 5.69 Å². The minimum atomic E-state index is -0.510. The fraction of sp³-hybridized carbons (Fsp3) is 0.500. The van der Waals surface area contributed by atoms with Crippen molar-refractivity contribution >= 4 is 23.1 Å². The van der Waals surface area contributed by atoms with Gasteiger partial charge in [0.25, 0.3) is 0 Å². The number of aliphatic hydroxyl groups excluding tert-OH is 1. The van der Waals surface area contributed by atoms with Gasteiger partial charge < -0.3 is 10.4 Å². The van der Waals surface area contributed by atoms with Crippen molar-refractivity contribution in [1.29, 1.82) is 0 Å². The van der Waals surface area contributed by atoms with Gasteiger partial charge in [-0.1, -0.05) is 11.6 Å². The molecule has 1 aliphatic rings. The molecule has 1 heterocycles. The average molecular weight is 258 g/mol. The monoisotopic (exact) mass is 257 g/mol. The van der Waals surface area contributed by atoms with E-state index >= 15 is 0 Å². The zero-order valence-corrected chi connectivity index (χ0v) is 9.78. The summed E-state index contributed by atoms with van der Waals surface area (Å²) >= 11 is 5.70. The van der Waals surface area contributed by atoms with Gasteiger partial charge in [0, 0.05) is 18.0 Å². The molecule has 0 bridgehead atoms. The van der Waals surface area contributed by atoms with E-state index in [1.807, 2.05) is 0 Å². The second-order valence-electron chi connectivity index (χ2n) is 4.27. The highest BCUT2D eigenvalue weighted by Gasteiger charge is 2.42. The van der Waals surface area contributed by atoms with Crippen molar-refractivity contribution in [2.24, 2.45) is 5.41 Å². The van der Waals surface area contributed by atoms with Gasteiger partial charge in [-0.05, 0) is 18.9 Å². The summed E-state index contributed by atoms with van der Waals surface area (Å²) in [5, 5.41) is 23.0. The van der Waals surface area contributed by atoms with E-state index in [-0.39, 0.29) is 28.7 Å². The number of rotatable bonds is 5. The number of nitrogens with one attached hydrogen (secondary N) is 1. The van der Waals surface area contributed by atoms with Crippen LogP contribution in [0.15, 0.2) is 12.1 Å². The van der Waals surface area contributed by atoms with E-state index in [9.17, 15) is 10.1 Å². The molecule has 1 fully saturated rings. The molecule has 0 spiro atoms. The highest BCUT2D eigenvalue weighted by molar-refractivity contribution is 6.29. The molecular weight excluding hydrogens is 246 g/mol. The SMILES string of the molecule is O=[N+]([O-])c1ccc(Cl)nc1NCC1(CO)CC1. The van der Waals surface area contributed by atoms with Crippen LogP contribution < -0.4 is 5.32 Å². The van der Waals surface area contributed by atoms with Crippen molar-refractivity contribution in [3.63, 3.8) is 0 Å². The maximum Gasteiger partial charge on any atom is 0.311 e. The predicted molar refractivity (Wildman–Crippen MR) is 63.1 cm³/mol. The maximum absolute atomic E-state index is 10.8. The first-order valence-electron chi connectivity index (χ1n) is 5.22. The van der Waals surface area contributed by atoms with Crippen LogP contribution >= 0.6 is 11.6 Å². The molecule has 0 saturated heterocycles. The Hall–Kier alpha value is -1.40. The molecule has 1 aliphatic carbocycles. The van der Waals surface area contributed by atoms with Gasteiger partial charge in [0.05, 0.1) is 11.5 Å². The molecule has 1 saturated carbocycles. The van der Waals surface area contributed by atoms with Gasteiger partial charge in [0.1, 0.15) is 5.15 Å². The van der Waals surface area contributed by atoms with E-state index in [1.165, 1.54) is 12.1 Å². The zero-order valence-electron chi connectivity index (χ0n) is 9.02. The molecule has 0 radical (unpaired) electrons. The molecular formula is C10H12ClN3O3. The molecule has 0 atom stereocenters. The van der Waals surface area contributed by atoms with Crippen molar-refractivity contribution in [2.75, 3.05) is 18.5 Å². The number of nitro groups is 1. The molecule has 6 nitrogen and oxygen atoms in total. The third-order valence-corrected chi connectivity index (χ3v) is 3.17. The molecule has 0 unspecified atom stereocenters. The largest absolute Gasteiger partial charge is 0.396 e. The Morgan fingerprint density at radius 2 is 2.29 bits per heavy atom. The highest BCUT2D eigenvalue weighted by Crippen LogP contribution is 2.45. The Morgan fingerprint density at radius 1 is 1.59 bits per heavy atom. The first-order valence-corrected chi connectivity index (χ1v) is 5.60. The Kier molecular flexibility index (Phi) is 3.17. The topological polar surface area (TPSA) is 88.3 Å². The van der Waals surface area contributed by atoms with Crippen LogP contribution in [0.4, 0.5) is 11.5 Å². The van der Waals surface area contributed by atoms with Crippen molar-refractivity contribution in [3.8, 4) is 0 Å². The summed E-state index contributed by atoms with van der Waals surface area (Å²) in [5.41, 5.74) is -0.249. The van der Waals surface area contributed by atoms with E-state index < -0.39 is 4.92 Å². The summed E-state index contributed by atoms with van der Waals surface area (Å²) in [4.78, 5) is 14.2. The zero-order chi connectivity index (χ0) is 12.5. The van der Waals surface area contributed by atoms with Gasteiger partial charge in [-0.25, -0.2) is 4.98 Å². The lowest BCUT2D eigenvalue weighted by Crippen LogP contribution is -2.20. The van der Waals surface area contributed by atoms with Crippen LogP contribution in [0.25, 0.3) is 0 Å². The van der Waals surface area contributed by atoms with Gasteiger partial charge in [-0.3, -0.25) is 10.1 Å². The first kappa shape index (κ1) is 12.1. The van der Waals surface area contributed by atoms with Crippen molar-refractivity contribution < 1.29 is 10.0 Å². The Bertz CT molecular complexity index is 448. The summed E-state index contributed by atoms with van der Waals surface area (Å²) < 4.78 is 0. The number of hydrogen-bond donors (Lipinski definition) is 2. The van der Waals surface area contributed by atoms with Gasteiger partial charge in [0.15, 0.2) is 0 Å². The van der Waals surface area contributed by atoms with Crippen LogP contribution in [0.5, 0.6) is 0 Å². The second-order valence-corrected chi connectivity index (χ2v) is 4.66. The number of nitrogens with zero attached hydrogens (tertiary/aromatic N) is 2. The van der Waals surface area contributed by atoms with Crippen LogP contribution in [-0.4, -0.2) is 28.2 Å². The van der Waals surface area contributed by atoms with Crippen molar-refractivity contribution in [2.45, 2.75) is 12.8 Å². The standard InChI is InChI=1S/C10H12ClN3O3/c11-8-2-1-7(14(16)17)9(13-8)12-5-10(6-15)3-4-10/h1-2,15H,3-6H2,(H,12,13). The lowest BCUT2D eigenvalue weighted by molar-refractivity contribution is -0.384. The number of anilines is 1. The molecule has 92 valence electrons. The molecule has 17 heavy (non-hydrogen) atoms. The fourth-order valence-corrected chi connectivity index (χ4v) is 1.69. The predicted octanol–water partition coefficient (Wildman–Crippen LogP) is 1.83. The minimum Gasteiger partial charge on any atom is -0.396 e. The van der Waals surface area contributed by atoms with E-state index in [2.05, 4.69) is 10.3 Å². The lowest BCUT2D eigenvalue weighted by atomic mass is 10.1. The van der Waals surface area contributed by atoms with Gasteiger partial charge in [0.2, 0.25) is 5.82 Å². The summed E-state index contributed by atoms with van der Waals surface area (Å²) in [5.74, 6) is 0.155. The number of pyridine rings is 1. The van der Waals surface area contributed by atoms with Crippen LogP contribution in [0.1, 0.15) is 12.8 Å². The molecule has 7 heteroatoms. The summed E-state index contributed by atoms with van der Waals surface area (Å²) in [6.45, 7) is 0.548. The second kappa shape index (κ2) is 4.46. The van der Waals surface area contributed by atoms with Crippen LogP contribution in [0, 0.1) is 15.5 Å². The van der Waals surface area contributed by atoms with E-state index in [0.717, 1.165) is 12.8 Å². The smallest absolute Gasteiger partial charge is 0.311 e. The Labute approximate surface area is 103 Å². The number of halogens is 1. The fourth-order valence-electron chi connectivity index (χ4n) is 1.54. The van der Waals surface area contributed by atoms with Crippen LogP contribution in [-0.2, 0) is 0 Å². The molecule has 2 N–H and O–H groups in total. The quantitative estimate of drug-likeness (QED) is 0.477. The minimum absolute atomic E-state index is 0.0777. The summed E-state index contributed by atoms with van der Waals surface area (Å²) in [6, 6.07) is 2.69. The number of aromatic nitrogens is 1. The third kappa shape index (κ3) is 2.65. The molecule has 1 aromatic rings.